The third-order valence-electron chi connectivity index (χ3n) is 4.30. The second-order valence-electron chi connectivity index (χ2n) is 5.81. The van der Waals surface area contributed by atoms with Gasteiger partial charge in [0.15, 0.2) is 0 Å². The molecule has 0 spiro atoms. The molecule has 3 aromatic rings. The number of thiazole rings is 1. The molecule has 0 bridgehead atoms. The average Bonchev–Trinajstić information content (AvgIpc) is 3.14. The van der Waals surface area contributed by atoms with Crippen molar-refractivity contribution in [2.24, 2.45) is 0 Å². The molecule has 0 saturated carbocycles. The molecule has 2 heterocycles. The fourth-order valence-electron chi connectivity index (χ4n) is 2.90. The van der Waals surface area contributed by atoms with Gasteiger partial charge in [0.05, 0.1) is 18.4 Å². The smallest absolute Gasteiger partial charge is 0.257 e. The van der Waals surface area contributed by atoms with E-state index in [4.69, 9.17) is 9.72 Å². The molecule has 25 heavy (non-hydrogen) atoms. The van der Waals surface area contributed by atoms with Crippen LogP contribution in [0.3, 0.4) is 0 Å². The minimum Gasteiger partial charge on any atom is -0.497 e. The van der Waals surface area contributed by atoms with Crippen molar-refractivity contribution in [3.63, 3.8) is 0 Å². The molecule has 126 valence electrons. The van der Waals surface area contributed by atoms with Crippen LogP contribution < -0.4 is 10.1 Å². The van der Waals surface area contributed by atoms with E-state index in [1.54, 1.807) is 30.4 Å². The van der Waals surface area contributed by atoms with E-state index >= 15 is 0 Å². The Kier molecular flexibility index (Phi) is 3.89. The summed E-state index contributed by atoms with van der Waals surface area (Å²) in [5.41, 5.74) is 3.39. The largest absolute Gasteiger partial charge is 0.497 e. The molecular formula is C19H17N3O2S. The molecule has 2 aromatic carbocycles. The third-order valence-corrected chi connectivity index (χ3v) is 5.21. The van der Waals surface area contributed by atoms with Crippen molar-refractivity contribution in [2.75, 3.05) is 19.5 Å². The number of carbonyl (C=O) groups is 1. The van der Waals surface area contributed by atoms with Crippen LogP contribution in [0, 0.1) is 0 Å². The summed E-state index contributed by atoms with van der Waals surface area (Å²) in [6, 6.07) is 15.4. The standard InChI is InChI=1S/C19H17N3O2S/c1-22-17(20-15-6-4-3-5-14(15)19(22)23)16-11-25-18(21-16)12-7-9-13(24-2)10-8-12/h3-11,17,20H,1-2H3/t17-/m0/s1. The number of rotatable bonds is 3. The fourth-order valence-corrected chi connectivity index (χ4v) is 3.74. The number of hydrogen-bond acceptors (Lipinski definition) is 5. The van der Waals surface area contributed by atoms with Gasteiger partial charge in [0.1, 0.15) is 16.9 Å². The van der Waals surface area contributed by atoms with Gasteiger partial charge in [-0.1, -0.05) is 12.1 Å². The van der Waals surface area contributed by atoms with Gasteiger partial charge in [-0.25, -0.2) is 4.98 Å². The molecule has 1 atom stereocenters. The number of nitrogens with one attached hydrogen (secondary N) is 1. The first-order valence-electron chi connectivity index (χ1n) is 7.90. The lowest BCUT2D eigenvalue weighted by molar-refractivity contribution is 0.0733. The summed E-state index contributed by atoms with van der Waals surface area (Å²) >= 11 is 1.56. The van der Waals surface area contributed by atoms with Gasteiger partial charge in [-0.05, 0) is 36.4 Å². The number of aromatic nitrogens is 1. The Morgan fingerprint density at radius 2 is 1.92 bits per heavy atom. The normalized spacial score (nSPS) is 16.3. The van der Waals surface area contributed by atoms with Crippen LogP contribution in [0.15, 0.2) is 53.9 Å². The van der Waals surface area contributed by atoms with Gasteiger partial charge in [-0.15, -0.1) is 11.3 Å². The van der Waals surface area contributed by atoms with Crippen molar-refractivity contribution in [2.45, 2.75) is 6.17 Å². The van der Waals surface area contributed by atoms with E-state index in [-0.39, 0.29) is 12.1 Å². The van der Waals surface area contributed by atoms with E-state index in [1.807, 2.05) is 53.9 Å². The van der Waals surface area contributed by atoms with E-state index in [9.17, 15) is 4.79 Å². The summed E-state index contributed by atoms with van der Waals surface area (Å²) < 4.78 is 5.19. The maximum absolute atomic E-state index is 12.6. The van der Waals surface area contributed by atoms with Crippen LogP contribution in [0.5, 0.6) is 5.75 Å². The molecule has 1 aromatic heterocycles. The van der Waals surface area contributed by atoms with Gasteiger partial charge in [0.25, 0.3) is 5.91 Å². The van der Waals surface area contributed by atoms with Crippen molar-refractivity contribution >= 4 is 22.9 Å². The zero-order chi connectivity index (χ0) is 17.4. The molecular weight excluding hydrogens is 334 g/mol. The van der Waals surface area contributed by atoms with Crippen LogP contribution >= 0.6 is 11.3 Å². The highest BCUT2D eigenvalue weighted by molar-refractivity contribution is 7.13. The third kappa shape index (κ3) is 2.74. The maximum Gasteiger partial charge on any atom is 0.257 e. The predicted molar refractivity (Wildman–Crippen MR) is 99.0 cm³/mol. The first-order valence-corrected chi connectivity index (χ1v) is 8.78. The minimum absolute atomic E-state index is 0.00153. The highest BCUT2D eigenvalue weighted by Gasteiger charge is 2.31. The lowest BCUT2D eigenvalue weighted by atomic mass is 10.1. The molecule has 1 aliphatic rings. The van der Waals surface area contributed by atoms with Gasteiger partial charge in [0, 0.05) is 23.7 Å². The summed E-state index contributed by atoms with van der Waals surface area (Å²) in [5, 5.41) is 6.32. The first kappa shape index (κ1) is 15.7. The number of amides is 1. The van der Waals surface area contributed by atoms with Crippen LogP contribution in [0.1, 0.15) is 22.2 Å². The number of nitrogens with zero attached hydrogens (tertiary/aromatic N) is 2. The lowest BCUT2D eigenvalue weighted by Gasteiger charge is -2.34. The molecule has 1 aliphatic heterocycles. The van der Waals surface area contributed by atoms with Crippen molar-refractivity contribution < 1.29 is 9.53 Å². The number of fused-ring (bicyclic) bond motifs is 1. The Labute approximate surface area is 149 Å². The quantitative estimate of drug-likeness (QED) is 0.774. The molecule has 0 aliphatic carbocycles. The number of carbonyl (C=O) groups excluding carboxylic acids is 1. The summed E-state index contributed by atoms with van der Waals surface area (Å²) in [6.07, 6.45) is -0.273. The van der Waals surface area contributed by atoms with Gasteiger partial charge in [0.2, 0.25) is 0 Å². The Morgan fingerprint density at radius 3 is 2.68 bits per heavy atom. The SMILES string of the molecule is COc1ccc(-c2nc([C@H]3Nc4ccccc4C(=O)N3C)cs2)cc1. The fraction of sp³-hybridized carbons (Fsp3) is 0.158. The van der Waals surface area contributed by atoms with Crippen LogP contribution in [0.2, 0.25) is 0 Å². The number of methoxy groups -OCH3 is 1. The lowest BCUT2D eigenvalue weighted by Crippen LogP contribution is -2.40. The second-order valence-corrected chi connectivity index (χ2v) is 6.67. The van der Waals surface area contributed by atoms with E-state index in [1.165, 1.54) is 0 Å². The van der Waals surface area contributed by atoms with Gasteiger partial charge < -0.3 is 15.0 Å². The van der Waals surface area contributed by atoms with Crippen LogP contribution in [0.25, 0.3) is 10.6 Å². The summed E-state index contributed by atoms with van der Waals surface area (Å²) in [6.45, 7) is 0. The highest BCUT2D eigenvalue weighted by atomic mass is 32.1. The Balaban J connectivity index is 1.64. The van der Waals surface area contributed by atoms with Gasteiger partial charge >= 0.3 is 0 Å². The predicted octanol–water partition coefficient (Wildman–Crippen LogP) is 4.02. The minimum atomic E-state index is -0.273. The molecule has 5 nitrogen and oxygen atoms in total. The molecule has 0 radical (unpaired) electrons. The number of benzene rings is 2. The molecule has 1 N–H and O–H groups in total. The second kappa shape index (κ2) is 6.22. The molecule has 4 rings (SSSR count). The highest BCUT2D eigenvalue weighted by Crippen LogP contribution is 2.34. The summed E-state index contributed by atoms with van der Waals surface area (Å²) in [7, 11) is 3.44. The molecule has 0 saturated heterocycles. The Bertz CT molecular complexity index is 920. The molecule has 0 unspecified atom stereocenters. The van der Waals surface area contributed by atoms with Gasteiger partial charge in [-0.2, -0.15) is 0 Å². The topological polar surface area (TPSA) is 54.5 Å². The number of para-hydroxylation sites is 1. The van der Waals surface area contributed by atoms with Crippen molar-refractivity contribution in [1.82, 2.24) is 9.88 Å². The Morgan fingerprint density at radius 1 is 1.16 bits per heavy atom. The monoisotopic (exact) mass is 351 g/mol. The zero-order valence-electron chi connectivity index (χ0n) is 13.9. The van der Waals surface area contributed by atoms with Gasteiger partial charge in [-0.3, -0.25) is 4.79 Å². The molecule has 0 fully saturated rings. The number of anilines is 1. The van der Waals surface area contributed by atoms with Crippen molar-refractivity contribution in [3.05, 3.63) is 65.2 Å². The van der Waals surface area contributed by atoms with Crippen LogP contribution in [-0.2, 0) is 0 Å². The molecule has 1 amide bonds. The van der Waals surface area contributed by atoms with Crippen LogP contribution in [0.4, 0.5) is 5.69 Å². The Hall–Kier alpha value is -2.86. The number of ether oxygens (including phenoxy) is 1. The first-order chi connectivity index (χ1) is 12.2. The zero-order valence-corrected chi connectivity index (χ0v) is 14.7. The molecule has 6 heteroatoms. The maximum atomic E-state index is 12.6. The average molecular weight is 351 g/mol. The summed E-state index contributed by atoms with van der Waals surface area (Å²) in [5.74, 6) is 0.815. The summed E-state index contributed by atoms with van der Waals surface area (Å²) in [4.78, 5) is 19.0. The van der Waals surface area contributed by atoms with E-state index in [0.717, 1.165) is 27.7 Å². The van der Waals surface area contributed by atoms with Crippen molar-refractivity contribution in [3.8, 4) is 16.3 Å². The van der Waals surface area contributed by atoms with E-state index in [0.29, 0.717) is 5.56 Å². The van der Waals surface area contributed by atoms with Crippen molar-refractivity contribution in [1.29, 1.82) is 0 Å². The van der Waals surface area contributed by atoms with E-state index < -0.39 is 0 Å². The van der Waals surface area contributed by atoms with Crippen LogP contribution in [-0.4, -0.2) is 29.9 Å². The number of hydrogen-bond donors (Lipinski definition) is 1. The van der Waals surface area contributed by atoms with E-state index in [2.05, 4.69) is 5.32 Å².